The molecule has 0 bridgehead atoms. The van der Waals surface area contributed by atoms with E-state index in [0.717, 1.165) is 45.1 Å². The van der Waals surface area contributed by atoms with Gasteiger partial charge in [0.25, 0.3) is 5.56 Å². The summed E-state index contributed by atoms with van der Waals surface area (Å²) in [5.41, 5.74) is 4.38. The molecule has 0 saturated carbocycles. The molecule has 2 aliphatic rings. The molecule has 3 heterocycles. The molecule has 4 rings (SSSR count). The van der Waals surface area contributed by atoms with E-state index >= 15 is 0 Å². The number of benzene rings is 1. The van der Waals surface area contributed by atoms with Crippen molar-refractivity contribution in [1.82, 2.24) is 19.7 Å². The summed E-state index contributed by atoms with van der Waals surface area (Å²) >= 11 is 0. The summed E-state index contributed by atoms with van der Waals surface area (Å²) < 4.78 is 8.43. The number of morpholine rings is 1. The first kappa shape index (κ1) is 31.6. The first-order valence-electron chi connectivity index (χ1n) is 14.8. The number of ether oxygens (including phenoxy) is 1. The van der Waals surface area contributed by atoms with Gasteiger partial charge in [0.2, 0.25) is 6.41 Å². The van der Waals surface area contributed by atoms with Crippen LogP contribution >= 0.6 is 0 Å². The van der Waals surface area contributed by atoms with Crippen LogP contribution in [0.1, 0.15) is 32.3 Å². The molecule has 1 aromatic carbocycles. The van der Waals surface area contributed by atoms with Gasteiger partial charge in [-0.25, -0.2) is 19.8 Å². The van der Waals surface area contributed by atoms with Crippen molar-refractivity contribution < 1.29 is 9.53 Å². The van der Waals surface area contributed by atoms with Crippen LogP contribution in [0, 0.1) is 5.92 Å². The maximum Gasteiger partial charge on any atom is 0.278 e. The number of rotatable bonds is 13. The molecule has 12 nitrogen and oxygen atoms in total. The Labute approximate surface area is 253 Å². The monoisotopic (exact) mass is 589 g/mol. The third-order valence-corrected chi connectivity index (χ3v) is 7.53. The fourth-order valence-corrected chi connectivity index (χ4v) is 5.36. The van der Waals surface area contributed by atoms with E-state index in [1.165, 1.54) is 34.1 Å². The summed E-state index contributed by atoms with van der Waals surface area (Å²) in [6.07, 6.45) is 9.49. The van der Waals surface area contributed by atoms with Crippen LogP contribution in [0.25, 0.3) is 0 Å². The Hall–Kier alpha value is -4.29. The van der Waals surface area contributed by atoms with Crippen LogP contribution in [0.5, 0.6) is 0 Å². The molecule has 0 spiro atoms. The molecule has 230 valence electrons. The second kappa shape index (κ2) is 15.8. The van der Waals surface area contributed by atoms with Crippen molar-refractivity contribution in [1.29, 1.82) is 0 Å². The van der Waals surface area contributed by atoms with Gasteiger partial charge in [0, 0.05) is 49.8 Å². The fraction of sp³-hybridized carbons (Fsp3) is 0.452. The Balaban J connectivity index is 1.41. The maximum absolute atomic E-state index is 13.4. The molecular formula is C31H43N9O3. The second-order valence-electron chi connectivity index (χ2n) is 10.8. The van der Waals surface area contributed by atoms with Crippen LogP contribution in [0.15, 0.2) is 69.0 Å². The van der Waals surface area contributed by atoms with Gasteiger partial charge in [0.15, 0.2) is 11.7 Å². The molecule has 0 atom stereocenters. The van der Waals surface area contributed by atoms with Gasteiger partial charge in [0.1, 0.15) is 12.2 Å². The number of piperidine rings is 1. The predicted octanol–water partition coefficient (Wildman–Crippen LogP) is 3.08. The summed E-state index contributed by atoms with van der Waals surface area (Å²) in [6.45, 7) is 17.8. The molecule has 0 radical (unpaired) electrons. The Morgan fingerprint density at radius 3 is 2.49 bits per heavy atom. The smallest absolute Gasteiger partial charge is 0.278 e. The average Bonchev–Trinajstić information content (AvgIpc) is 3.30. The standard InChI is InChI=1S/C31H43N9O3/c1-5-14-39-31(42)28(30(32-4)40(39)29(36-35-23-41)11-6-24(2)3)21-33-22-34-25-7-9-26(10-8-25)37-15-12-27(13-16-37)38-17-19-43-20-18-38/h5-11,21,23-24,27,34H,1,4,12-20,22H2,2-3H3,(H,35,41)/b11-6-,33-21?,36-29+. The van der Waals surface area contributed by atoms with Crippen LogP contribution in [0.3, 0.4) is 0 Å². The molecule has 2 saturated heterocycles. The third-order valence-electron chi connectivity index (χ3n) is 7.53. The summed E-state index contributed by atoms with van der Waals surface area (Å²) in [5.74, 6) is 0.771. The molecular weight excluding hydrogens is 546 g/mol. The van der Waals surface area contributed by atoms with Crippen molar-refractivity contribution in [3.8, 4) is 0 Å². The van der Waals surface area contributed by atoms with Gasteiger partial charge in [-0.05, 0) is 55.8 Å². The number of carbonyl (C=O) groups is 1. The van der Waals surface area contributed by atoms with Gasteiger partial charge in [-0.1, -0.05) is 26.0 Å². The molecule has 2 aliphatic heterocycles. The minimum absolute atomic E-state index is 0.195. The van der Waals surface area contributed by atoms with Gasteiger partial charge in [-0.2, -0.15) is 5.10 Å². The van der Waals surface area contributed by atoms with Gasteiger partial charge >= 0.3 is 0 Å². The zero-order valence-electron chi connectivity index (χ0n) is 25.2. The van der Waals surface area contributed by atoms with Gasteiger partial charge in [0.05, 0.1) is 19.8 Å². The molecule has 2 fully saturated rings. The zero-order valence-corrected chi connectivity index (χ0v) is 25.2. The number of nitrogens with zero attached hydrogens (tertiary/aromatic N) is 7. The number of hydrogen-bond donors (Lipinski definition) is 2. The van der Waals surface area contributed by atoms with Crippen LogP contribution in [-0.4, -0.2) is 91.5 Å². The van der Waals surface area contributed by atoms with E-state index in [-0.39, 0.29) is 36.1 Å². The Kier molecular flexibility index (Phi) is 11.6. The van der Waals surface area contributed by atoms with E-state index in [4.69, 9.17) is 4.74 Å². The highest BCUT2D eigenvalue weighted by Crippen LogP contribution is 2.24. The van der Waals surface area contributed by atoms with Gasteiger partial charge < -0.3 is 15.0 Å². The van der Waals surface area contributed by atoms with Crippen LogP contribution in [0.2, 0.25) is 0 Å². The summed E-state index contributed by atoms with van der Waals surface area (Å²) in [6, 6.07) is 9.01. The lowest BCUT2D eigenvalue weighted by Gasteiger charge is -2.40. The lowest BCUT2D eigenvalue weighted by Crippen LogP contribution is -2.49. The van der Waals surface area contributed by atoms with E-state index in [1.54, 1.807) is 12.2 Å². The number of carbonyl (C=O) groups excluding carboxylic acids is 1. The Morgan fingerprint density at radius 2 is 1.86 bits per heavy atom. The lowest BCUT2D eigenvalue weighted by molar-refractivity contribution is -0.109. The fourth-order valence-electron chi connectivity index (χ4n) is 5.36. The Bertz CT molecular complexity index is 1370. The molecule has 0 aliphatic carbocycles. The minimum atomic E-state index is -0.329. The third kappa shape index (κ3) is 8.17. The maximum atomic E-state index is 13.4. The molecule has 1 amide bonds. The molecule has 43 heavy (non-hydrogen) atoms. The van der Waals surface area contributed by atoms with Crippen molar-refractivity contribution in [2.75, 3.05) is 56.3 Å². The largest absolute Gasteiger partial charge is 0.379 e. The number of amides is 1. The van der Waals surface area contributed by atoms with E-state index < -0.39 is 0 Å². The molecule has 12 heteroatoms. The van der Waals surface area contributed by atoms with Crippen LogP contribution in [-0.2, 0) is 16.1 Å². The Morgan fingerprint density at radius 1 is 1.14 bits per heavy atom. The lowest BCUT2D eigenvalue weighted by atomic mass is 10.0. The van der Waals surface area contributed by atoms with Crippen LogP contribution in [0.4, 0.5) is 17.2 Å². The number of hydrogen-bond acceptors (Lipinski definition) is 9. The first-order chi connectivity index (χ1) is 21.0. The normalized spacial score (nSPS) is 17.2. The number of aromatic nitrogens is 2. The number of aliphatic imine (C=N–C) groups is 2. The first-order valence-corrected chi connectivity index (χ1v) is 14.8. The predicted molar refractivity (Wildman–Crippen MR) is 174 cm³/mol. The van der Waals surface area contributed by atoms with E-state index in [2.05, 4.69) is 61.1 Å². The zero-order chi connectivity index (χ0) is 30.6. The van der Waals surface area contributed by atoms with Crippen molar-refractivity contribution in [2.45, 2.75) is 39.3 Å². The molecule has 0 unspecified atom stereocenters. The number of anilines is 2. The minimum Gasteiger partial charge on any atom is -0.379 e. The van der Waals surface area contributed by atoms with Crippen LogP contribution < -0.4 is 21.2 Å². The summed E-state index contributed by atoms with van der Waals surface area (Å²) in [5, 5.41) is 7.40. The van der Waals surface area contributed by atoms with Gasteiger partial charge in [-0.15, -0.1) is 6.58 Å². The topological polar surface area (TPSA) is 121 Å². The molecule has 2 aromatic rings. The van der Waals surface area contributed by atoms with Crippen molar-refractivity contribution in [3.05, 3.63) is 65.0 Å². The number of nitrogens with one attached hydrogen (secondary N) is 2. The highest BCUT2D eigenvalue weighted by Gasteiger charge is 2.26. The average molecular weight is 590 g/mol. The van der Waals surface area contributed by atoms with Crippen molar-refractivity contribution >= 4 is 42.4 Å². The second-order valence-corrected chi connectivity index (χ2v) is 10.8. The highest BCUT2D eigenvalue weighted by atomic mass is 16.5. The highest BCUT2D eigenvalue weighted by molar-refractivity contribution is 5.99. The van der Waals surface area contributed by atoms with E-state index in [9.17, 15) is 9.59 Å². The molecule has 1 aromatic heterocycles. The summed E-state index contributed by atoms with van der Waals surface area (Å²) in [7, 11) is 0. The van der Waals surface area contributed by atoms with Gasteiger partial charge in [-0.3, -0.25) is 19.5 Å². The number of allylic oxidation sites excluding steroid dienone is 3. The van der Waals surface area contributed by atoms with E-state index in [1.807, 2.05) is 32.1 Å². The number of hydrazone groups is 1. The van der Waals surface area contributed by atoms with Crippen molar-refractivity contribution in [3.63, 3.8) is 0 Å². The van der Waals surface area contributed by atoms with E-state index in [0.29, 0.717) is 18.3 Å². The van der Waals surface area contributed by atoms with Crippen molar-refractivity contribution in [2.24, 2.45) is 21.0 Å². The SMILES string of the molecule is C=CCn1c(=O)c(C=NCNc2ccc(N3CCC(N4CCOCC4)CC3)cc2)c(N=C)n1C(/C=C\C(C)C)=N/NC=O. The summed E-state index contributed by atoms with van der Waals surface area (Å²) in [4.78, 5) is 37.9. The quantitative estimate of drug-likeness (QED) is 0.122. The molecule has 2 N–H and O–H groups in total.